The summed E-state index contributed by atoms with van der Waals surface area (Å²) < 4.78 is 0. The molecule has 0 aliphatic heterocycles. The molecule has 1 radical (unpaired) electrons. The van der Waals surface area contributed by atoms with E-state index in [1.165, 1.54) is 0 Å². The highest BCUT2D eigenvalue weighted by molar-refractivity contribution is 9.09. The molecule has 6 heavy (non-hydrogen) atoms. The van der Waals surface area contributed by atoms with E-state index in [1.807, 2.05) is 0 Å². The van der Waals surface area contributed by atoms with Crippen LogP contribution in [-0.2, 0) is 0 Å². The van der Waals surface area contributed by atoms with Crippen molar-refractivity contribution < 1.29 is 5.11 Å². The molecule has 1 atom stereocenters. The van der Waals surface area contributed by atoms with Crippen molar-refractivity contribution in [1.29, 1.82) is 0 Å². The van der Waals surface area contributed by atoms with Gasteiger partial charge in [0.05, 0.1) is 6.10 Å². The molecule has 1 unspecified atom stereocenters. The van der Waals surface area contributed by atoms with Crippen LogP contribution in [-0.4, -0.2) is 16.5 Å². The van der Waals surface area contributed by atoms with Crippen LogP contribution in [0.3, 0.4) is 0 Å². The number of rotatable bonds is 2. The van der Waals surface area contributed by atoms with Gasteiger partial charge in [-0.25, -0.2) is 0 Å². The molecule has 0 saturated carbocycles. The van der Waals surface area contributed by atoms with Crippen LogP contribution in [0.1, 0.15) is 6.42 Å². The molecule has 0 aromatic heterocycles. The van der Waals surface area contributed by atoms with Gasteiger partial charge in [-0.2, -0.15) is 0 Å². The van der Waals surface area contributed by atoms with Crippen LogP contribution in [0.25, 0.3) is 0 Å². The zero-order valence-corrected chi connectivity index (χ0v) is 5.11. The molecule has 0 aliphatic carbocycles. The van der Waals surface area contributed by atoms with Gasteiger partial charge in [-0.05, 0) is 6.42 Å². The maximum absolute atomic E-state index is 8.56. The molecule has 1 N–H and O–H groups in total. The van der Waals surface area contributed by atoms with Gasteiger partial charge in [0.25, 0.3) is 0 Å². The summed E-state index contributed by atoms with van der Waals surface area (Å²) in [6.45, 7) is 3.48. The van der Waals surface area contributed by atoms with E-state index in [1.54, 1.807) is 0 Å². The summed E-state index contributed by atoms with van der Waals surface area (Å²) in [7, 11) is 0. The van der Waals surface area contributed by atoms with Crippen molar-refractivity contribution in [3.05, 3.63) is 6.92 Å². The first-order valence-corrected chi connectivity index (χ1v) is 2.96. The van der Waals surface area contributed by atoms with E-state index in [9.17, 15) is 0 Å². The molecule has 0 amide bonds. The molecule has 0 saturated heterocycles. The summed E-state index contributed by atoms with van der Waals surface area (Å²) in [6.07, 6.45) is 0.329. The maximum atomic E-state index is 8.56. The average molecular weight is 152 g/mol. The first-order valence-electron chi connectivity index (χ1n) is 1.84. The van der Waals surface area contributed by atoms with Crippen molar-refractivity contribution in [1.82, 2.24) is 0 Å². The van der Waals surface area contributed by atoms with E-state index in [0.717, 1.165) is 0 Å². The fraction of sp³-hybridized carbons (Fsp3) is 0.750. The highest BCUT2D eigenvalue weighted by Crippen LogP contribution is 1.92. The van der Waals surface area contributed by atoms with Crippen molar-refractivity contribution in [2.75, 3.05) is 5.33 Å². The number of aliphatic hydroxyl groups excluding tert-OH is 1. The molecule has 1 nitrogen and oxygen atoms in total. The molecule has 0 bridgehead atoms. The van der Waals surface area contributed by atoms with Gasteiger partial charge in [-0.15, -0.1) is 0 Å². The minimum Gasteiger partial charge on any atom is -0.392 e. The lowest BCUT2D eigenvalue weighted by Crippen LogP contribution is -2.04. The summed E-state index contributed by atoms with van der Waals surface area (Å²) >= 11 is 3.08. The number of halogens is 1. The Morgan fingerprint density at radius 1 is 1.83 bits per heavy atom. The van der Waals surface area contributed by atoms with Crippen LogP contribution in [0.5, 0.6) is 0 Å². The summed E-state index contributed by atoms with van der Waals surface area (Å²) in [6, 6.07) is 0. The van der Waals surface area contributed by atoms with Crippen molar-refractivity contribution in [2.24, 2.45) is 0 Å². The lowest BCUT2D eigenvalue weighted by molar-refractivity contribution is 0.204. The van der Waals surface area contributed by atoms with Crippen LogP contribution in [0.4, 0.5) is 0 Å². The molecule has 0 rings (SSSR count). The van der Waals surface area contributed by atoms with Crippen LogP contribution in [0.15, 0.2) is 0 Å². The van der Waals surface area contributed by atoms with Crippen LogP contribution >= 0.6 is 15.9 Å². The number of hydrogen-bond donors (Lipinski definition) is 1. The second-order valence-corrected chi connectivity index (χ2v) is 1.74. The monoisotopic (exact) mass is 151 g/mol. The highest BCUT2D eigenvalue weighted by atomic mass is 79.9. The van der Waals surface area contributed by atoms with Crippen molar-refractivity contribution in [3.8, 4) is 0 Å². The molecule has 37 valence electrons. The van der Waals surface area contributed by atoms with Gasteiger partial charge >= 0.3 is 0 Å². The SMILES string of the molecule is [CH2]CC(O)CBr. The molecule has 0 aromatic carbocycles. The van der Waals surface area contributed by atoms with Crippen LogP contribution in [0, 0.1) is 6.92 Å². The van der Waals surface area contributed by atoms with E-state index < -0.39 is 0 Å². The number of aliphatic hydroxyl groups is 1. The standard InChI is InChI=1S/C4H8BrO/c1-2-4(6)3-5/h4,6H,1-3H2. The molecule has 2 heteroatoms. The summed E-state index contributed by atoms with van der Waals surface area (Å²) in [5, 5.41) is 9.19. The smallest absolute Gasteiger partial charge is 0.0637 e. The molecule has 0 heterocycles. The van der Waals surface area contributed by atoms with E-state index in [2.05, 4.69) is 22.9 Å². The number of hydrogen-bond acceptors (Lipinski definition) is 1. The highest BCUT2D eigenvalue weighted by Gasteiger charge is 1.92. The topological polar surface area (TPSA) is 20.2 Å². The molecule has 0 aliphatic rings. The van der Waals surface area contributed by atoms with Gasteiger partial charge in [0.15, 0.2) is 0 Å². The van der Waals surface area contributed by atoms with Gasteiger partial charge in [-0.3, -0.25) is 0 Å². The lowest BCUT2D eigenvalue weighted by Gasteiger charge is -1.96. The first kappa shape index (κ1) is 6.44. The second kappa shape index (κ2) is 3.62. The largest absolute Gasteiger partial charge is 0.392 e. The molecule has 0 fully saturated rings. The Bertz CT molecular complexity index is 26.7. The Kier molecular flexibility index (Phi) is 3.89. The Labute approximate surface area is 46.5 Å². The molecule has 0 aromatic rings. The lowest BCUT2D eigenvalue weighted by atomic mass is 10.3. The summed E-state index contributed by atoms with van der Waals surface area (Å²) in [5.74, 6) is 0. The van der Waals surface area contributed by atoms with Crippen molar-refractivity contribution in [2.45, 2.75) is 12.5 Å². The Balaban J connectivity index is 2.75. The molecular weight excluding hydrogens is 144 g/mol. The normalized spacial score (nSPS) is 14.5. The minimum absolute atomic E-state index is 0.259. The third-order valence-corrected chi connectivity index (χ3v) is 1.26. The molecule has 0 spiro atoms. The predicted octanol–water partition coefficient (Wildman–Crippen LogP) is 0.966. The third kappa shape index (κ3) is 2.67. The number of alkyl halides is 1. The zero-order valence-electron chi connectivity index (χ0n) is 3.52. The fourth-order valence-corrected chi connectivity index (χ4v) is 0.401. The van der Waals surface area contributed by atoms with Crippen LogP contribution in [0.2, 0.25) is 0 Å². The summed E-state index contributed by atoms with van der Waals surface area (Å²) in [5.41, 5.74) is 0. The van der Waals surface area contributed by atoms with Crippen molar-refractivity contribution in [3.63, 3.8) is 0 Å². The Morgan fingerprint density at radius 3 is 2.33 bits per heavy atom. The Hall–Kier alpha value is 0.440. The Morgan fingerprint density at radius 2 is 2.33 bits per heavy atom. The zero-order chi connectivity index (χ0) is 4.99. The maximum Gasteiger partial charge on any atom is 0.0637 e. The van der Waals surface area contributed by atoms with Crippen LogP contribution < -0.4 is 0 Å². The predicted molar refractivity (Wildman–Crippen MR) is 29.8 cm³/mol. The quantitative estimate of drug-likeness (QED) is 0.584. The van der Waals surface area contributed by atoms with Gasteiger partial charge in [-0.1, -0.05) is 22.9 Å². The van der Waals surface area contributed by atoms with E-state index >= 15 is 0 Å². The molecular formula is C4H8BrO. The van der Waals surface area contributed by atoms with Gasteiger partial charge in [0, 0.05) is 5.33 Å². The van der Waals surface area contributed by atoms with Gasteiger partial charge in [0.2, 0.25) is 0 Å². The van der Waals surface area contributed by atoms with E-state index in [0.29, 0.717) is 11.8 Å². The van der Waals surface area contributed by atoms with E-state index in [-0.39, 0.29) is 6.10 Å². The summed E-state index contributed by atoms with van der Waals surface area (Å²) in [4.78, 5) is 0. The van der Waals surface area contributed by atoms with Crippen molar-refractivity contribution >= 4 is 15.9 Å². The van der Waals surface area contributed by atoms with E-state index in [4.69, 9.17) is 5.11 Å². The first-order chi connectivity index (χ1) is 2.81. The van der Waals surface area contributed by atoms with Gasteiger partial charge in [0.1, 0.15) is 0 Å². The fourth-order valence-electron chi connectivity index (χ4n) is 0.0772. The third-order valence-electron chi connectivity index (χ3n) is 0.511. The van der Waals surface area contributed by atoms with Gasteiger partial charge < -0.3 is 5.11 Å². The second-order valence-electron chi connectivity index (χ2n) is 1.10. The average Bonchev–Trinajstić information content (AvgIpc) is 1.65. The minimum atomic E-state index is -0.259.